The van der Waals surface area contributed by atoms with Crippen molar-refractivity contribution in [3.63, 3.8) is 0 Å². The molecule has 0 aliphatic carbocycles. The quantitative estimate of drug-likeness (QED) is 0.586. The van der Waals surface area contributed by atoms with E-state index in [0.29, 0.717) is 17.0 Å². The Balaban J connectivity index is 1.81. The van der Waals surface area contributed by atoms with Crippen molar-refractivity contribution in [3.05, 3.63) is 52.9 Å². The number of nitrogens with zero attached hydrogens (tertiary/aromatic N) is 2. The minimum Gasteiger partial charge on any atom is -0.494 e. The van der Waals surface area contributed by atoms with Crippen molar-refractivity contribution in [2.45, 2.75) is 32.6 Å². The minimum absolute atomic E-state index is 0.235. The van der Waals surface area contributed by atoms with Gasteiger partial charge in [-0.25, -0.2) is 0 Å². The molecule has 3 aromatic rings. The molecular formula is C19H20N2O2S. The average molecular weight is 340 g/mol. The lowest BCUT2D eigenvalue weighted by molar-refractivity contribution is 0.305. The van der Waals surface area contributed by atoms with Gasteiger partial charge in [-0.3, -0.25) is 9.78 Å². The van der Waals surface area contributed by atoms with Gasteiger partial charge >= 0.3 is 0 Å². The summed E-state index contributed by atoms with van der Waals surface area (Å²) in [6.07, 6.45) is 6.35. The molecule has 4 nitrogen and oxygen atoms in total. The van der Waals surface area contributed by atoms with E-state index in [1.54, 1.807) is 12.3 Å². The topological polar surface area (TPSA) is 52.1 Å². The van der Waals surface area contributed by atoms with Crippen LogP contribution in [0.25, 0.3) is 20.8 Å². The predicted octanol–water partition coefficient (Wildman–Crippen LogP) is 4.68. The molecule has 2 heterocycles. The molecule has 1 aromatic carbocycles. The number of hydrogen-bond donors (Lipinski definition) is 0. The Morgan fingerprint density at radius 3 is 2.83 bits per heavy atom. The van der Waals surface area contributed by atoms with E-state index in [9.17, 15) is 4.79 Å². The summed E-state index contributed by atoms with van der Waals surface area (Å²) in [6, 6.07) is 11.2. The van der Waals surface area contributed by atoms with Crippen LogP contribution in [0.1, 0.15) is 32.6 Å². The zero-order chi connectivity index (χ0) is 16.8. The number of ether oxygens (including phenoxy) is 1. The highest BCUT2D eigenvalue weighted by molar-refractivity contribution is 7.21. The van der Waals surface area contributed by atoms with Gasteiger partial charge in [-0.15, -0.1) is 11.3 Å². The molecule has 3 rings (SSSR count). The van der Waals surface area contributed by atoms with Crippen LogP contribution in [0.2, 0.25) is 0 Å². The van der Waals surface area contributed by atoms with Crippen molar-refractivity contribution in [2.24, 2.45) is 0 Å². The Kier molecular flexibility index (Phi) is 5.54. The van der Waals surface area contributed by atoms with Crippen LogP contribution in [-0.4, -0.2) is 16.6 Å². The summed E-state index contributed by atoms with van der Waals surface area (Å²) in [5, 5.41) is 1.24. The molecule has 0 bridgehead atoms. The van der Waals surface area contributed by atoms with Gasteiger partial charge in [0, 0.05) is 10.9 Å². The highest BCUT2D eigenvalue weighted by atomic mass is 32.1. The van der Waals surface area contributed by atoms with Gasteiger partial charge in [0.2, 0.25) is 0 Å². The number of fused-ring (bicyclic) bond motifs is 1. The Hall–Kier alpha value is -2.27. The molecule has 0 unspecified atom stereocenters. The van der Waals surface area contributed by atoms with E-state index < -0.39 is 0 Å². The molecule has 0 saturated heterocycles. The van der Waals surface area contributed by atoms with Gasteiger partial charge < -0.3 is 4.74 Å². The first-order chi connectivity index (χ1) is 11.8. The van der Waals surface area contributed by atoms with Crippen molar-refractivity contribution >= 4 is 21.4 Å². The molecule has 0 spiro atoms. The van der Waals surface area contributed by atoms with Crippen LogP contribution in [0.3, 0.4) is 0 Å². The molecule has 5 heteroatoms. The van der Waals surface area contributed by atoms with E-state index in [-0.39, 0.29) is 5.56 Å². The SMILES string of the molecule is CCCCCCOc1ccc2sc(-c3ccccn3)nc(=O)c2c1. The lowest BCUT2D eigenvalue weighted by atomic mass is 10.2. The van der Waals surface area contributed by atoms with Gasteiger partial charge in [0.1, 0.15) is 10.8 Å². The van der Waals surface area contributed by atoms with E-state index in [1.807, 2.05) is 30.3 Å². The third-order valence-corrected chi connectivity index (χ3v) is 4.81. The molecule has 0 aliphatic rings. The fraction of sp³-hybridized carbons (Fsp3) is 0.316. The van der Waals surface area contributed by atoms with Crippen molar-refractivity contribution in [3.8, 4) is 16.5 Å². The summed E-state index contributed by atoms with van der Waals surface area (Å²) in [5.74, 6) is 0.732. The maximum absolute atomic E-state index is 12.4. The number of pyridine rings is 1. The molecule has 2 aromatic heterocycles. The highest BCUT2D eigenvalue weighted by Gasteiger charge is 2.08. The number of hydrogen-bond acceptors (Lipinski definition) is 5. The van der Waals surface area contributed by atoms with Crippen molar-refractivity contribution in [1.29, 1.82) is 0 Å². The van der Waals surface area contributed by atoms with Crippen molar-refractivity contribution in [1.82, 2.24) is 9.97 Å². The molecule has 0 amide bonds. The first-order valence-corrected chi connectivity index (χ1v) is 9.08. The number of unbranched alkanes of at least 4 members (excludes halogenated alkanes) is 3. The largest absolute Gasteiger partial charge is 0.494 e. The fourth-order valence-corrected chi connectivity index (χ4v) is 3.41. The van der Waals surface area contributed by atoms with Gasteiger partial charge in [0.25, 0.3) is 5.56 Å². The van der Waals surface area contributed by atoms with Crippen LogP contribution in [0, 0.1) is 0 Å². The Morgan fingerprint density at radius 1 is 1.12 bits per heavy atom. The summed E-state index contributed by atoms with van der Waals surface area (Å²) in [5.41, 5.74) is 0.485. The van der Waals surface area contributed by atoms with Gasteiger partial charge in [-0.2, -0.15) is 4.98 Å². The molecular weight excluding hydrogens is 320 g/mol. The van der Waals surface area contributed by atoms with Crippen molar-refractivity contribution < 1.29 is 4.74 Å². The fourth-order valence-electron chi connectivity index (χ4n) is 2.45. The normalized spacial score (nSPS) is 10.9. The van der Waals surface area contributed by atoms with E-state index in [2.05, 4.69) is 16.9 Å². The average Bonchev–Trinajstić information content (AvgIpc) is 2.62. The molecule has 0 fully saturated rings. The summed E-state index contributed by atoms with van der Waals surface area (Å²) < 4.78 is 6.65. The third kappa shape index (κ3) is 3.97. The van der Waals surface area contributed by atoms with E-state index >= 15 is 0 Å². The molecule has 0 N–H and O–H groups in total. The second-order valence-corrected chi connectivity index (χ2v) is 6.64. The van der Waals surface area contributed by atoms with Gasteiger partial charge in [0.15, 0.2) is 0 Å². The second-order valence-electron chi connectivity index (χ2n) is 5.61. The maximum Gasteiger partial charge on any atom is 0.279 e. The molecule has 24 heavy (non-hydrogen) atoms. The zero-order valence-corrected chi connectivity index (χ0v) is 14.5. The lowest BCUT2D eigenvalue weighted by Gasteiger charge is -2.07. The molecule has 0 aliphatic heterocycles. The van der Waals surface area contributed by atoms with E-state index in [1.165, 1.54) is 30.6 Å². The van der Waals surface area contributed by atoms with E-state index in [4.69, 9.17) is 4.74 Å². The maximum atomic E-state index is 12.4. The Morgan fingerprint density at radius 2 is 2.04 bits per heavy atom. The van der Waals surface area contributed by atoms with Crippen LogP contribution in [0.5, 0.6) is 5.75 Å². The van der Waals surface area contributed by atoms with Gasteiger partial charge in [-0.05, 0) is 36.8 Å². The summed E-state index contributed by atoms with van der Waals surface area (Å²) in [7, 11) is 0. The monoisotopic (exact) mass is 340 g/mol. The van der Waals surface area contributed by atoms with Crippen molar-refractivity contribution in [2.75, 3.05) is 6.61 Å². The Bertz CT molecular complexity index is 862. The predicted molar refractivity (Wildman–Crippen MR) is 98.8 cm³/mol. The summed E-state index contributed by atoms with van der Waals surface area (Å²) >= 11 is 1.47. The lowest BCUT2D eigenvalue weighted by Crippen LogP contribution is -2.07. The standard InChI is InChI=1S/C19H20N2O2S/c1-2-3-4-7-12-23-14-9-10-17-15(13-14)18(22)21-19(24-17)16-8-5-6-11-20-16/h5-6,8-11,13H,2-4,7,12H2,1H3. The smallest absolute Gasteiger partial charge is 0.279 e. The van der Waals surface area contributed by atoms with E-state index in [0.717, 1.165) is 22.6 Å². The van der Waals surface area contributed by atoms with Crippen LogP contribution in [0.4, 0.5) is 0 Å². The zero-order valence-electron chi connectivity index (χ0n) is 13.7. The van der Waals surface area contributed by atoms with Crippen LogP contribution in [-0.2, 0) is 0 Å². The van der Waals surface area contributed by atoms with Gasteiger partial charge in [0.05, 0.1) is 17.7 Å². The first-order valence-electron chi connectivity index (χ1n) is 8.27. The van der Waals surface area contributed by atoms with Crippen LogP contribution < -0.4 is 10.3 Å². The number of aromatic nitrogens is 2. The summed E-state index contributed by atoms with van der Waals surface area (Å²) in [6.45, 7) is 2.87. The number of rotatable bonds is 7. The molecule has 124 valence electrons. The minimum atomic E-state index is -0.235. The van der Waals surface area contributed by atoms with Crippen LogP contribution in [0.15, 0.2) is 47.4 Å². The van der Waals surface area contributed by atoms with Crippen LogP contribution >= 0.6 is 11.3 Å². The summed E-state index contributed by atoms with van der Waals surface area (Å²) in [4.78, 5) is 20.8. The highest BCUT2D eigenvalue weighted by Crippen LogP contribution is 2.27. The molecule has 0 saturated carbocycles. The van der Waals surface area contributed by atoms with Gasteiger partial charge in [-0.1, -0.05) is 32.3 Å². The third-order valence-electron chi connectivity index (χ3n) is 3.74. The molecule has 0 atom stereocenters. The Labute approximate surface area is 145 Å². The first kappa shape index (κ1) is 16.6. The molecule has 0 radical (unpaired) electrons. The number of benzene rings is 1. The second kappa shape index (κ2) is 8.02.